The van der Waals surface area contributed by atoms with Gasteiger partial charge in [0.15, 0.2) is 11.6 Å². The molecule has 22 heavy (non-hydrogen) atoms. The molecular weight excluding hydrogens is 317 g/mol. The number of hydrogen-bond acceptors (Lipinski definition) is 5. The lowest BCUT2D eigenvalue weighted by Crippen LogP contribution is -2.19. The van der Waals surface area contributed by atoms with Gasteiger partial charge >= 0.3 is 8.25 Å². The lowest BCUT2D eigenvalue weighted by molar-refractivity contribution is -0.136. The Morgan fingerprint density at radius 2 is 1.23 bits per heavy atom. The molecule has 0 aliphatic rings. The molecule has 0 N–H and O–H groups in total. The van der Waals surface area contributed by atoms with Crippen molar-refractivity contribution in [2.24, 2.45) is 0 Å². The Kier molecular flexibility index (Phi) is 12.5. The highest BCUT2D eigenvalue weighted by atomic mass is 31.1. The van der Waals surface area contributed by atoms with Gasteiger partial charge in [-0.3, -0.25) is 23.2 Å². The van der Waals surface area contributed by atoms with Crippen LogP contribution in [0.5, 0.6) is 0 Å². The number of halogens is 2. The SMILES string of the molecule is CCCCCC(=O)[C@H](F)O[PH](=O)O[C@@H](F)C(=O)CCCCC. The summed E-state index contributed by atoms with van der Waals surface area (Å²) in [6.45, 7) is 3.86. The van der Waals surface area contributed by atoms with E-state index in [0.29, 0.717) is 12.8 Å². The van der Waals surface area contributed by atoms with Crippen LogP contribution in [0.2, 0.25) is 0 Å². The molecule has 2 atom stereocenters. The molecule has 130 valence electrons. The molecule has 0 aromatic rings. The van der Waals surface area contributed by atoms with Gasteiger partial charge in [-0.25, -0.2) is 8.78 Å². The van der Waals surface area contributed by atoms with E-state index in [1.165, 1.54) is 0 Å². The Morgan fingerprint density at radius 3 is 1.55 bits per heavy atom. The molecule has 0 saturated heterocycles. The second-order valence-electron chi connectivity index (χ2n) is 4.96. The predicted octanol–water partition coefficient (Wildman–Crippen LogP) is 4.30. The van der Waals surface area contributed by atoms with Gasteiger partial charge in [0, 0.05) is 12.8 Å². The number of hydrogen-bond donors (Lipinski definition) is 0. The predicted molar refractivity (Wildman–Crippen MR) is 79.3 cm³/mol. The summed E-state index contributed by atoms with van der Waals surface area (Å²) in [6, 6.07) is 0. The van der Waals surface area contributed by atoms with Gasteiger partial charge < -0.3 is 0 Å². The Balaban J connectivity index is 4.04. The smallest absolute Gasteiger partial charge is 0.294 e. The molecule has 0 heterocycles. The first kappa shape index (κ1) is 21.4. The van der Waals surface area contributed by atoms with Crippen LogP contribution >= 0.6 is 8.25 Å². The molecule has 0 aromatic carbocycles. The van der Waals surface area contributed by atoms with Crippen LogP contribution in [0, 0.1) is 0 Å². The number of ketones is 2. The van der Waals surface area contributed by atoms with Crippen LogP contribution in [-0.2, 0) is 23.2 Å². The molecule has 0 bridgehead atoms. The molecule has 5 nitrogen and oxygen atoms in total. The average Bonchev–Trinajstić information content (AvgIpc) is 2.47. The number of carbonyl (C=O) groups is 2. The van der Waals surface area contributed by atoms with Gasteiger partial charge in [0.1, 0.15) is 0 Å². The van der Waals surface area contributed by atoms with E-state index in [-0.39, 0.29) is 12.8 Å². The van der Waals surface area contributed by atoms with Crippen LogP contribution in [0.3, 0.4) is 0 Å². The van der Waals surface area contributed by atoms with E-state index in [2.05, 4.69) is 9.05 Å². The van der Waals surface area contributed by atoms with Crippen molar-refractivity contribution >= 4 is 19.8 Å². The molecule has 0 spiro atoms. The minimum absolute atomic E-state index is 0.0425. The Morgan fingerprint density at radius 1 is 0.864 bits per heavy atom. The number of Topliss-reactive ketones (excluding diaryl/α,β-unsaturated/α-hetero) is 2. The van der Waals surface area contributed by atoms with E-state index in [1.807, 2.05) is 13.8 Å². The summed E-state index contributed by atoms with van der Waals surface area (Å²) in [4.78, 5) is 22.6. The second kappa shape index (κ2) is 12.9. The largest absolute Gasteiger partial charge is 0.325 e. The molecular formula is C14H25F2O5P. The molecule has 0 rings (SSSR count). The molecule has 8 heteroatoms. The van der Waals surface area contributed by atoms with Crippen molar-refractivity contribution in [3.63, 3.8) is 0 Å². The normalized spacial score (nSPS) is 14.0. The van der Waals surface area contributed by atoms with Gasteiger partial charge in [-0.15, -0.1) is 0 Å². The molecule has 0 fully saturated rings. The topological polar surface area (TPSA) is 69.7 Å². The van der Waals surface area contributed by atoms with Gasteiger partial charge in [0.2, 0.25) is 0 Å². The number of rotatable bonds is 14. The zero-order valence-electron chi connectivity index (χ0n) is 13.1. The molecule has 0 aliphatic carbocycles. The fraction of sp³-hybridized carbons (Fsp3) is 0.857. The molecule has 0 amide bonds. The maximum absolute atomic E-state index is 13.3. The number of unbranched alkanes of at least 4 members (excludes halogenated alkanes) is 4. The fourth-order valence-electron chi connectivity index (χ4n) is 1.65. The number of alkyl halides is 2. The standard InChI is InChI=1S/C14H25F2O5P/c1-3-5-7-9-11(17)13(15)20-22(19)21-14(16)12(18)10-8-6-4-2/h13-14,22H,3-10H2,1-2H3/t13-,14-/m1/s1. The van der Waals surface area contributed by atoms with Crippen LogP contribution in [0.25, 0.3) is 0 Å². The third-order valence-electron chi connectivity index (χ3n) is 2.96. The summed E-state index contributed by atoms with van der Waals surface area (Å²) in [5.41, 5.74) is 0. The Bertz CT molecular complexity index is 333. The van der Waals surface area contributed by atoms with Gasteiger partial charge in [0.05, 0.1) is 0 Å². The fourth-order valence-corrected chi connectivity index (χ4v) is 2.31. The van der Waals surface area contributed by atoms with Crippen molar-refractivity contribution < 1.29 is 32.0 Å². The van der Waals surface area contributed by atoms with E-state index >= 15 is 0 Å². The lowest BCUT2D eigenvalue weighted by Gasteiger charge is -2.11. The highest BCUT2D eigenvalue weighted by molar-refractivity contribution is 7.33. The lowest BCUT2D eigenvalue weighted by atomic mass is 10.1. The third kappa shape index (κ3) is 10.1. The van der Waals surface area contributed by atoms with Gasteiger partial charge in [0.25, 0.3) is 12.7 Å². The van der Waals surface area contributed by atoms with Gasteiger partial charge in [-0.1, -0.05) is 39.5 Å². The summed E-state index contributed by atoms with van der Waals surface area (Å²) in [5.74, 6) is -1.72. The molecule has 0 unspecified atom stereocenters. The number of carbonyl (C=O) groups excluding carboxylic acids is 2. The molecule has 0 radical (unpaired) electrons. The second-order valence-corrected chi connectivity index (χ2v) is 5.94. The van der Waals surface area contributed by atoms with Crippen molar-refractivity contribution in [2.45, 2.75) is 77.9 Å². The molecule has 0 aliphatic heterocycles. The Hall–Kier alpha value is -0.650. The van der Waals surface area contributed by atoms with E-state index in [9.17, 15) is 22.9 Å². The van der Waals surface area contributed by atoms with Crippen LogP contribution < -0.4 is 0 Å². The maximum Gasteiger partial charge on any atom is 0.325 e. The summed E-state index contributed by atoms with van der Waals surface area (Å²) in [5, 5.41) is 0. The van der Waals surface area contributed by atoms with E-state index in [1.54, 1.807) is 0 Å². The highest BCUT2D eigenvalue weighted by Crippen LogP contribution is 2.30. The van der Waals surface area contributed by atoms with Crippen LogP contribution in [0.1, 0.15) is 65.2 Å². The summed E-state index contributed by atoms with van der Waals surface area (Å²) >= 11 is 0. The minimum atomic E-state index is -3.58. The van der Waals surface area contributed by atoms with Gasteiger partial charge in [-0.2, -0.15) is 0 Å². The van der Waals surface area contributed by atoms with E-state index < -0.39 is 32.5 Å². The van der Waals surface area contributed by atoms with E-state index in [4.69, 9.17) is 0 Å². The van der Waals surface area contributed by atoms with Crippen LogP contribution in [0.4, 0.5) is 8.78 Å². The van der Waals surface area contributed by atoms with Crippen LogP contribution in [0.15, 0.2) is 0 Å². The van der Waals surface area contributed by atoms with Crippen molar-refractivity contribution in [3.8, 4) is 0 Å². The first-order valence-electron chi connectivity index (χ1n) is 7.63. The highest BCUT2D eigenvalue weighted by Gasteiger charge is 2.25. The first-order chi connectivity index (χ1) is 10.4. The quantitative estimate of drug-likeness (QED) is 0.348. The van der Waals surface area contributed by atoms with Crippen molar-refractivity contribution in [1.82, 2.24) is 0 Å². The zero-order chi connectivity index (χ0) is 17.0. The summed E-state index contributed by atoms with van der Waals surface area (Å²) in [7, 11) is -3.58. The maximum atomic E-state index is 13.3. The van der Waals surface area contributed by atoms with Gasteiger partial charge in [-0.05, 0) is 12.8 Å². The first-order valence-corrected chi connectivity index (χ1v) is 8.85. The van der Waals surface area contributed by atoms with Crippen molar-refractivity contribution in [2.75, 3.05) is 0 Å². The van der Waals surface area contributed by atoms with E-state index in [0.717, 1.165) is 25.7 Å². The monoisotopic (exact) mass is 342 g/mol. The average molecular weight is 342 g/mol. The molecule has 0 saturated carbocycles. The summed E-state index contributed by atoms with van der Waals surface area (Å²) in [6.07, 6.45) is -0.630. The Labute approximate surface area is 130 Å². The van der Waals surface area contributed by atoms with Crippen LogP contribution in [-0.4, -0.2) is 24.3 Å². The molecule has 0 aromatic heterocycles. The third-order valence-corrected chi connectivity index (χ3v) is 3.76. The zero-order valence-corrected chi connectivity index (χ0v) is 14.1. The van der Waals surface area contributed by atoms with Crippen molar-refractivity contribution in [3.05, 3.63) is 0 Å². The minimum Gasteiger partial charge on any atom is -0.294 e. The summed E-state index contributed by atoms with van der Waals surface area (Å²) < 4.78 is 46.4. The van der Waals surface area contributed by atoms with Crippen molar-refractivity contribution in [1.29, 1.82) is 0 Å².